The number of hydrogen-bond acceptors (Lipinski definition) is 2. The SMILES string of the molecule is Cc1ccc(C)c(CC(=O)Nc2c(N)ccc(C)c2C)c1. The van der Waals surface area contributed by atoms with Gasteiger partial charge >= 0.3 is 0 Å². The Bertz CT molecular complexity index is 690. The molecule has 2 aromatic rings. The van der Waals surface area contributed by atoms with Crippen molar-refractivity contribution in [3.05, 3.63) is 58.1 Å². The largest absolute Gasteiger partial charge is 0.397 e. The quantitative estimate of drug-likeness (QED) is 0.844. The molecule has 0 unspecified atom stereocenters. The Morgan fingerprint density at radius 2 is 1.71 bits per heavy atom. The van der Waals surface area contributed by atoms with Crippen LogP contribution in [0.3, 0.4) is 0 Å². The Balaban J connectivity index is 2.20. The van der Waals surface area contributed by atoms with E-state index < -0.39 is 0 Å². The van der Waals surface area contributed by atoms with Gasteiger partial charge in [-0.15, -0.1) is 0 Å². The van der Waals surface area contributed by atoms with Crippen LogP contribution in [0.2, 0.25) is 0 Å². The van der Waals surface area contributed by atoms with Crippen molar-refractivity contribution in [2.75, 3.05) is 11.1 Å². The molecule has 3 N–H and O–H groups in total. The highest BCUT2D eigenvalue weighted by atomic mass is 16.1. The van der Waals surface area contributed by atoms with Gasteiger partial charge in [0.2, 0.25) is 5.91 Å². The third-order valence-electron chi connectivity index (χ3n) is 3.89. The van der Waals surface area contributed by atoms with Gasteiger partial charge in [0.25, 0.3) is 0 Å². The first-order chi connectivity index (χ1) is 9.88. The van der Waals surface area contributed by atoms with Crippen molar-refractivity contribution < 1.29 is 4.79 Å². The molecular weight excluding hydrogens is 260 g/mol. The lowest BCUT2D eigenvalue weighted by molar-refractivity contribution is -0.115. The molecule has 21 heavy (non-hydrogen) atoms. The zero-order chi connectivity index (χ0) is 15.6. The summed E-state index contributed by atoms with van der Waals surface area (Å²) in [4.78, 5) is 12.3. The summed E-state index contributed by atoms with van der Waals surface area (Å²) in [6, 6.07) is 9.95. The molecule has 0 saturated carbocycles. The van der Waals surface area contributed by atoms with E-state index in [0.717, 1.165) is 33.5 Å². The zero-order valence-corrected chi connectivity index (χ0v) is 13.1. The Kier molecular flexibility index (Phi) is 4.32. The molecule has 2 aromatic carbocycles. The molecule has 0 bridgehead atoms. The van der Waals surface area contributed by atoms with E-state index in [0.29, 0.717) is 12.1 Å². The highest BCUT2D eigenvalue weighted by molar-refractivity contribution is 5.96. The van der Waals surface area contributed by atoms with E-state index in [2.05, 4.69) is 17.4 Å². The maximum Gasteiger partial charge on any atom is 0.228 e. The van der Waals surface area contributed by atoms with Gasteiger partial charge in [-0.25, -0.2) is 0 Å². The van der Waals surface area contributed by atoms with Gasteiger partial charge in [-0.1, -0.05) is 29.8 Å². The predicted molar refractivity (Wildman–Crippen MR) is 88.6 cm³/mol. The molecule has 0 heterocycles. The number of rotatable bonds is 3. The van der Waals surface area contributed by atoms with E-state index in [9.17, 15) is 4.79 Å². The van der Waals surface area contributed by atoms with Crippen LogP contribution >= 0.6 is 0 Å². The van der Waals surface area contributed by atoms with E-state index in [1.807, 2.05) is 45.9 Å². The van der Waals surface area contributed by atoms with Crippen LogP contribution in [0.15, 0.2) is 30.3 Å². The molecule has 0 spiro atoms. The maximum absolute atomic E-state index is 12.3. The van der Waals surface area contributed by atoms with Crippen LogP contribution in [-0.2, 0) is 11.2 Å². The minimum absolute atomic E-state index is 0.0379. The Morgan fingerprint density at radius 1 is 1.05 bits per heavy atom. The van der Waals surface area contributed by atoms with Crippen LogP contribution in [0, 0.1) is 27.7 Å². The minimum atomic E-state index is -0.0379. The fraction of sp³-hybridized carbons (Fsp3) is 0.278. The molecule has 0 atom stereocenters. The molecule has 0 radical (unpaired) electrons. The van der Waals surface area contributed by atoms with Crippen LogP contribution < -0.4 is 11.1 Å². The Hall–Kier alpha value is -2.29. The van der Waals surface area contributed by atoms with Crippen LogP contribution in [0.5, 0.6) is 0 Å². The van der Waals surface area contributed by atoms with Gasteiger partial charge in [-0.05, 0) is 56.0 Å². The highest BCUT2D eigenvalue weighted by Gasteiger charge is 2.11. The molecule has 0 saturated heterocycles. The summed E-state index contributed by atoms with van der Waals surface area (Å²) in [6.07, 6.45) is 0.361. The Labute approximate surface area is 126 Å². The monoisotopic (exact) mass is 282 g/mol. The second-order valence-corrected chi connectivity index (χ2v) is 5.63. The first kappa shape index (κ1) is 15.1. The molecule has 0 fully saturated rings. The van der Waals surface area contributed by atoms with Crippen LogP contribution in [0.4, 0.5) is 11.4 Å². The third kappa shape index (κ3) is 3.43. The van der Waals surface area contributed by atoms with Crippen molar-refractivity contribution in [2.45, 2.75) is 34.1 Å². The zero-order valence-electron chi connectivity index (χ0n) is 13.1. The lowest BCUT2D eigenvalue weighted by Crippen LogP contribution is -2.17. The fourth-order valence-electron chi connectivity index (χ4n) is 2.35. The van der Waals surface area contributed by atoms with Crippen molar-refractivity contribution in [3.63, 3.8) is 0 Å². The van der Waals surface area contributed by atoms with Crippen molar-refractivity contribution in [2.24, 2.45) is 0 Å². The van der Waals surface area contributed by atoms with Gasteiger partial charge in [-0.3, -0.25) is 4.79 Å². The average molecular weight is 282 g/mol. The average Bonchev–Trinajstić information content (AvgIpc) is 2.43. The number of hydrogen-bond donors (Lipinski definition) is 2. The topological polar surface area (TPSA) is 55.1 Å². The number of aryl methyl sites for hydroxylation is 3. The normalized spacial score (nSPS) is 10.5. The Morgan fingerprint density at radius 3 is 2.43 bits per heavy atom. The molecule has 0 aliphatic carbocycles. The van der Waals surface area contributed by atoms with Crippen molar-refractivity contribution >= 4 is 17.3 Å². The number of anilines is 2. The first-order valence-corrected chi connectivity index (χ1v) is 7.10. The molecule has 1 amide bonds. The first-order valence-electron chi connectivity index (χ1n) is 7.10. The summed E-state index contributed by atoms with van der Waals surface area (Å²) in [5, 5.41) is 2.95. The summed E-state index contributed by atoms with van der Waals surface area (Å²) in [5.74, 6) is -0.0379. The summed E-state index contributed by atoms with van der Waals surface area (Å²) < 4.78 is 0. The fourth-order valence-corrected chi connectivity index (χ4v) is 2.35. The lowest BCUT2D eigenvalue weighted by atomic mass is 10.0. The van der Waals surface area contributed by atoms with E-state index in [-0.39, 0.29) is 5.91 Å². The summed E-state index contributed by atoms with van der Waals surface area (Å²) in [7, 11) is 0. The predicted octanol–water partition coefficient (Wildman–Crippen LogP) is 3.68. The molecular formula is C18H22N2O. The van der Waals surface area contributed by atoms with E-state index >= 15 is 0 Å². The molecule has 2 rings (SSSR count). The van der Waals surface area contributed by atoms with Crippen LogP contribution in [-0.4, -0.2) is 5.91 Å². The number of amides is 1. The summed E-state index contributed by atoms with van der Waals surface area (Å²) >= 11 is 0. The number of nitrogen functional groups attached to an aromatic ring is 1. The number of carbonyl (C=O) groups is 1. The summed E-state index contributed by atoms with van der Waals surface area (Å²) in [5.41, 5.74) is 12.8. The van der Waals surface area contributed by atoms with Crippen molar-refractivity contribution in [1.29, 1.82) is 0 Å². The van der Waals surface area contributed by atoms with E-state index in [4.69, 9.17) is 5.73 Å². The van der Waals surface area contributed by atoms with Crippen LogP contribution in [0.1, 0.15) is 27.8 Å². The highest BCUT2D eigenvalue weighted by Crippen LogP contribution is 2.26. The van der Waals surface area contributed by atoms with Gasteiger partial charge < -0.3 is 11.1 Å². The second-order valence-electron chi connectivity index (χ2n) is 5.63. The molecule has 110 valence electrons. The number of nitrogens with one attached hydrogen (secondary N) is 1. The lowest BCUT2D eigenvalue weighted by Gasteiger charge is -2.14. The van der Waals surface area contributed by atoms with E-state index in [1.165, 1.54) is 0 Å². The molecule has 0 aromatic heterocycles. The van der Waals surface area contributed by atoms with Crippen molar-refractivity contribution in [3.8, 4) is 0 Å². The second kappa shape index (κ2) is 6.00. The van der Waals surface area contributed by atoms with Gasteiger partial charge in [0, 0.05) is 0 Å². The standard InChI is InChI=1S/C18H22N2O/c1-11-5-6-13(3)15(9-11)10-17(21)20-18-14(4)12(2)7-8-16(18)19/h5-9H,10,19H2,1-4H3,(H,20,21). The molecule has 0 aliphatic heterocycles. The minimum Gasteiger partial charge on any atom is -0.397 e. The van der Waals surface area contributed by atoms with Crippen molar-refractivity contribution in [1.82, 2.24) is 0 Å². The van der Waals surface area contributed by atoms with Gasteiger partial charge in [0.1, 0.15) is 0 Å². The smallest absolute Gasteiger partial charge is 0.228 e. The number of nitrogens with two attached hydrogens (primary N) is 1. The third-order valence-corrected chi connectivity index (χ3v) is 3.89. The molecule has 0 aliphatic rings. The molecule has 3 heteroatoms. The number of benzene rings is 2. The summed E-state index contributed by atoms with van der Waals surface area (Å²) in [6.45, 7) is 8.03. The van der Waals surface area contributed by atoms with Crippen LogP contribution in [0.25, 0.3) is 0 Å². The maximum atomic E-state index is 12.3. The number of carbonyl (C=O) groups excluding carboxylic acids is 1. The van der Waals surface area contributed by atoms with E-state index in [1.54, 1.807) is 0 Å². The van der Waals surface area contributed by atoms with Gasteiger partial charge in [0.15, 0.2) is 0 Å². The molecule has 3 nitrogen and oxygen atoms in total. The van der Waals surface area contributed by atoms with Gasteiger partial charge in [0.05, 0.1) is 17.8 Å². The van der Waals surface area contributed by atoms with Gasteiger partial charge in [-0.2, -0.15) is 0 Å².